The molecule has 0 saturated heterocycles. The van der Waals surface area contributed by atoms with Crippen molar-refractivity contribution in [2.24, 2.45) is 0 Å². The molecule has 0 aliphatic heterocycles. The average molecular weight is 146 g/mol. The van der Waals surface area contributed by atoms with Gasteiger partial charge in [-0.15, -0.1) is 0 Å². The van der Waals surface area contributed by atoms with E-state index < -0.39 is 0 Å². The normalized spacial score (nSPS) is 10.2. The zero-order valence-corrected chi connectivity index (χ0v) is 5.77. The smallest absolute Gasteiger partial charge is 0.151 e. The summed E-state index contributed by atoms with van der Waals surface area (Å²) in [5.74, 6) is 0. The first kappa shape index (κ1) is 6.09. The fourth-order valence-electron chi connectivity index (χ4n) is 1.01. The Hall–Kier alpha value is -1.64. The van der Waals surface area contributed by atoms with Gasteiger partial charge in [-0.05, 0) is 18.2 Å². The second kappa shape index (κ2) is 2.20. The van der Waals surface area contributed by atoms with Gasteiger partial charge in [0, 0.05) is 11.8 Å². The van der Waals surface area contributed by atoms with Crippen LogP contribution in [0.15, 0.2) is 30.6 Å². The van der Waals surface area contributed by atoms with Gasteiger partial charge in [-0.1, -0.05) is 0 Å². The predicted octanol–water partition coefficient (Wildman–Crippen LogP) is 1.15. The Bertz CT molecular complexity index is 392. The summed E-state index contributed by atoms with van der Waals surface area (Å²) in [4.78, 5) is 10.3. The van der Waals surface area contributed by atoms with Crippen molar-refractivity contribution in [3.05, 3.63) is 36.2 Å². The van der Waals surface area contributed by atoms with Crippen LogP contribution in [0.5, 0.6) is 0 Å². The predicted molar refractivity (Wildman–Crippen MR) is 40.6 cm³/mol. The molecule has 0 fully saturated rings. The molecule has 2 aromatic heterocycles. The highest BCUT2D eigenvalue weighted by Gasteiger charge is 1.93. The highest BCUT2D eigenvalue weighted by molar-refractivity contribution is 5.76. The van der Waals surface area contributed by atoms with E-state index in [2.05, 4.69) is 5.10 Å². The maximum Gasteiger partial charge on any atom is 0.151 e. The molecule has 0 atom stereocenters. The highest BCUT2D eigenvalue weighted by atomic mass is 16.1. The summed E-state index contributed by atoms with van der Waals surface area (Å²) >= 11 is 0. The molecule has 0 aliphatic carbocycles. The number of carbonyl (C=O) groups excluding carboxylic acids is 1. The lowest BCUT2D eigenvalue weighted by Crippen LogP contribution is -1.90. The number of nitrogens with zero attached hydrogens (tertiary/aromatic N) is 2. The van der Waals surface area contributed by atoms with Gasteiger partial charge >= 0.3 is 0 Å². The van der Waals surface area contributed by atoms with Crippen molar-refractivity contribution < 1.29 is 4.79 Å². The van der Waals surface area contributed by atoms with E-state index in [4.69, 9.17) is 0 Å². The van der Waals surface area contributed by atoms with Crippen LogP contribution in [0.2, 0.25) is 0 Å². The van der Waals surface area contributed by atoms with Crippen LogP contribution < -0.4 is 0 Å². The molecular weight excluding hydrogens is 140 g/mol. The summed E-state index contributed by atoms with van der Waals surface area (Å²) in [5, 5.41) is 4.00. The summed E-state index contributed by atoms with van der Waals surface area (Å²) in [6.07, 6.45) is 4.17. The van der Waals surface area contributed by atoms with Gasteiger partial charge < -0.3 is 0 Å². The van der Waals surface area contributed by atoms with Crippen LogP contribution in [0, 0.1) is 0 Å². The van der Waals surface area contributed by atoms with Gasteiger partial charge in [0.05, 0.1) is 11.7 Å². The van der Waals surface area contributed by atoms with Gasteiger partial charge in [-0.3, -0.25) is 4.79 Å². The minimum atomic E-state index is 0.608. The molecule has 0 spiro atoms. The summed E-state index contributed by atoms with van der Waals surface area (Å²) < 4.78 is 1.72. The molecular formula is C8H6N2O. The van der Waals surface area contributed by atoms with Crippen molar-refractivity contribution in [2.75, 3.05) is 0 Å². The Morgan fingerprint density at radius 2 is 2.45 bits per heavy atom. The van der Waals surface area contributed by atoms with E-state index in [0.717, 1.165) is 11.8 Å². The van der Waals surface area contributed by atoms with Crippen LogP contribution in [0.3, 0.4) is 0 Å². The monoisotopic (exact) mass is 146 g/mol. The first-order chi connectivity index (χ1) is 5.40. The molecule has 0 aromatic carbocycles. The van der Waals surface area contributed by atoms with E-state index in [0.29, 0.717) is 5.56 Å². The van der Waals surface area contributed by atoms with E-state index in [1.165, 1.54) is 0 Å². The lowest BCUT2D eigenvalue weighted by Gasteiger charge is -1.92. The molecule has 0 unspecified atom stereocenters. The Morgan fingerprint density at radius 1 is 1.55 bits per heavy atom. The third-order valence-electron chi connectivity index (χ3n) is 1.54. The van der Waals surface area contributed by atoms with Gasteiger partial charge in [0.25, 0.3) is 0 Å². The van der Waals surface area contributed by atoms with Gasteiger partial charge in [-0.2, -0.15) is 5.10 Å². The van der Waals surface area contributed by atoms with Crippen LogP contribution in [-0.2, 0) is 0 Å². The van der Waals surface area contributed by atoms with Crippen LogP contribution in [0.25, 0.3) is 5.52 Å². The fraction of sp³-hybridized carbons (Fsp3) is 0. The molecule has 0 aliphatic rings. The molecule has 2 rings (SSSR count). The number of hydrogen-bond acceptors (Lipinski definition) is 2. The molecule has 0 bridgehead atoms. The average Bonchev–Trinajstić information content (AvgIpc) is 2.50. The minimum Gasteiger partial charge on any atom is -0.298 e. The lowest BCUT2D eigenvalue weighted by molar-refractivity contribution is 0.112. The minimum absolute atomic E-state index is 0.608. The van der Waals surface area contributed by atoms with Gasteiger partial charge in [-0.25, -0.2) is 4.52 Å². The molecule has 0 saturated carbocycles. The van der Waals surface area contributed by atoms with Crippen LogP contribution in [-0.4, -0.2) is 15.9 Å². The van der Waals surface area contributed by atoms with Crippen LogP contribution in [0.1, 0.15) is 10.4 Å². The van der Waals surface area contributed by atoms with E-state index in [1.807, 2.05) is 18.3 Å². The zero-order chi connectivity index (χ0) is 7.68. The lowest BCUT2D eigenvalue weighted by atomic mass is 10.3. The first-order valence-corrected chi connectivity index (χ1v) is 3.29. The van der Waals surface area contributed by atoms with Crippen molar-refractivity contribution in [2.45, 2.75) is 0 Å². The van der Waals surface area contributed by atoms with Gasteiger partial charge in [0.1, 0.15) is 0 Å². The highest BCUT2D eigenvalue weighted by Crippen LogP contribution is 2.03. The molecule has 3 nitrogen and oxygen atoms in total. The third kappa shape index (κ3) is 0.902. The summed E-state index contributed by atoms with van der Waals surface area (Å²) in [5.41, 5.74) is 1.55. The number of aldehydes is 1. The molecule has 11 heavy (non-hydrogen) atoms. The molecule has 3 heteroatoms. The molecule has 0 N–H and O–H groups in total. The molecule has 54 valence electrons. The molecule has 0 radical (unpaired) electrons. The maximum absolute atomic E-state index is 10.3. The van der Waals surface area contributed by atoms with Crippen molar-refractivity contribution in [1.29, 1.82) is 0 Å². The summed E-state index contributed by atoms with van der Waals surface area (Å²) in [6.45, 7) is 0. The summed E-state index contributed by atoms with van der Waals surface area (Å²) in [7, 11) is 0. The van der Waals surface area contributed by atoms with E-state index in [1.54, 1.807) is 16.8 Å². The van der Waals surface area contributed by atoms with Crippen LogP contribution in [0.4, 0.5) is 0 Å². The zero-order valence-electron chi connectivity index (χ0n) is 5.77. The first-order valence-electron chi connectivity index (χ1n) is 3.29. The second-order valence-electron chi connectivity index (χ2n) is 2.28. The number of aromatic nitrogens is 2. The maximum atomic E-state index is 10.3. The molecule has 0 amide bonds. The van der Waals surface area contributed by atoms with Crippen LogP contribution >= 0.6 is 0 Å². The Morgan fingerprint density at radius 3 is 3.27 bits per heavy atom. The SMILES string of the molecule is O=Cc1cnn2cccc2c1. The quantitative estimate of drug-likeness (QED) is 0.565. The molecule has 2 heterocycles. The van der Waals surface area contributed by atoms with E-state index >= 15 is 0 Å². The van der Waals surface area contributed by atoms with Crippen molar-refractivity contribution >= 4 is 11.8 Å². The topological polar surface area (TPSA) is 34.4 Å². The Kier molecular flexibility index (Phi) is 1.22. The Labute approximate surface area is 63.3 Å². The van der Waals surface area contributed by atoms with Crippen molar-refractivity contribution in [3.8, 4) is 0 Å². The fourth-order valence-corrected chi connectivity index (χ4v) is 1.01. The largest absolute Gasteiger partial charge is 0.298 e. The van der Waals surface area contributed by atoms with E-state index in [-0.39, 0.29) is 0 Å². The van der Waals surface area contributed by atoms with Crippen molar-refractivity contribution in [3.63, 3.8) is 0 Å². The van der Waals surface area contributed by atoms with Crippen molar-refractivity contribution in [1.82, 2.24) is 9.61 Å². The van der Waals surface area contributed by atoms with E-state index in [9.17, 15) is 4.79 Å². The number of rotatable bonds is 1. The van der Waals surface area contributed by atoms with Gasteiger partial charge in [0.15, 0.2) is 6.29 Å². The number of carbonyl (C=O) groups is 1. The second-order valence-corrected chi connectivity index (χ2v) is 2.28. The number of fused-ring (bicyclic) bond motifs is 1. The number of hydrogen-bond donors (Lipinski definition) is 0. The van der Waals surface area contributed by atoms with Gasteiger partial charge in [0.2, 0.25) is 0 Å². The Balaban J connectivity index is 2.76. The summed E-state index contributed by atoms with van der Waals surface area (Å²) in [6, 6.07) is 5.58. The third-order valence-corrected chi connectivity index (χ3v) is 1.54. The standard InChI is InChI=1S/C8H6N2O/c11-6-7-4-8-2-1-3-10(8)9-5-7/h1-6H. The molecule has 2 aromatic rings.